The highest BCUT2D eigenvalue weighted by atomic mass is 32.2. The number of rotatable bonds is 7. The van der Waals surface area contributed by atoms with Crippen molar-refractivity contribution in [1.82, 2.24) is 4.90 Å². The van der Waals surface area contributed by atoms with Crippen molar-refractivity contribution in [3.63, 3.8) is 0 Å². The van der Waals surface area contributed by atoms with Gasteiger partial charge in [-0.15, -0.1) is 0 Å². The Bertz CT molecular complexity index is 967. The fourth-order valence-electron chi connectivity index (χ4n) is 2.46. The van der Waals surface area contributed by atoms with Crippen LogP contribution in [0.3, 0.4) is 0 Å². The molecule has 0 aliphatic heterocycles. The minimum absolute atomic E-state index is 0.0430. The lowest BCUT2D eigenvalue weighted by Gasteiger charge is -2.17. The first-order valence-electron chi connectivity index (χ1n) is 8.84. The van der Waals surface area contributed by atoms with Gasteiger partial charge >= 0.3 is 5.97 Å². The molecule has 1 amide bonds. The van der Waals surface area contributed by atoms with Crippen molar-refractivity contribution in [2.24, 2.45) is 0 Å². The maximum absolute atomic E-state index is 12.5. The zero-order valence-corrected chi connectivity index (χ0v) is 17.4. The zero-order chi connectivity index (χ0) is 21.8. The summed E-state index contributed by atoms with van der Waals surface area (Å²) in [6, 6.07) is 11.5. The molecule has 0 aliphatic carbocycles. The molecule has 2 aromatic rings. The quantitative estimate of drug-likeness (QED) is 0.664. The number of carbonyl (C=O) groups excluding carboxylic acids is 2. The normalized spacial score (nSPS) is 13.3. The number of nitrogens with one attached hydrogen (secondary N) is 1. The molecule has 0 saturated carbocycles. The van der Waals surface area contributed by atoms with Gasteiger partial charge < -0.3 is 14.7 Å². The van der Waals surface area contributed by atoms with Gasteiger partial charge in [0.15, 0.2) is 6.10 Å². The van der Waals surface area contributed by atoms with Gasteiger partial charge in [-0.1, -0.05) is 12.1 Å². The third-order valence-corrected chi connectivity index (χ3v) is 5.52. The molecule has 29 heavy (non-hydrogen) atoms. The molecular formula is C20H24N2O6S. The van der Waals surface area contributed by atoms with Gasteiger partial charge in [-0.3, -0.25) is 9.52 Å². The molecule has 2 atom stereocenters. The highest BCUT2D eigenvalue weighted by Crippen LogP contribution is 2.20. The number of hydrogen-bond donors (Lipinski definition) is 2. The highest BCUT2D eigenvalue weighted by Gasteiger charge is 2.20. The molecule has 0 unspecified atom stereocenters. The fraction of sp³-hybridized carbons (Fsp3) is 0.300. The summed E-state index contributed by atoms with van der Waals surface area (Å²) >= 11 is 0. The number of anilines is 1. The topological polar surface area (TPSA) is 113 Å². The van der Waals surface area contributed by atoms with E-state index in [1.807, 2.05) is 0 Å². The molecule has 0 aromatic heterocycles. The van der Waals surface area contributed by atoms with Crippen LogP contribution in [0, 0.1) is 0 Å². The van der Waals surface area contributed by atoms with E-state index in [9.17, 15) is 23.1 Å². The lowest BCUT2D eigenvalue weighted by atomic mass is 10.1. The molecule has 2 aromatic carbocycles. The number of amides is 1. The Kier molecular flexibility index (Phi) is 6.99. The SMILES string of the molecule is C[C@H](O)c1ccc(S(=O)(=O)Nc2ccc(C(=O)O[C@H](C)C(=O)N(C)C)cc2)cc1. The van der Waals surface area contributed by atoms with Gasteiger partial charge in [-0.05, 0) is 55.8 Å². The van der Waals surface area contributed by atoms with E-state index < -0.39 is 28.2 Å². The molecule has 0 radical (unpaired) electrons. The van der Waals surface area contributed by atoms with Crippen LogP contribution in [0.2, 0.25) is 0 Å². The van der Waals surface area contributed by atoms with E-state index in [1.165, 1.54) is 60.4 Å². The standard InChI is InChI=1S/C20H24N2O6S/c1-13(23)15-7-11-18(12-8-15)29(26,27)21-17-9-5-16(6-10-17)20(25)28-14(2)19(24)22(3)4/h5-14,21,23H,1-4H3/t13-,14+/m0/s1. The minimum Gasteiger partial charge on any atom is -0.449 e. The Hall–Kier alpha value is -2.91. The summed E-state index contributed by atoms with van der Waals surface area (Å²) < 4.78 is 32.5. The molecule has 2 rings (SSSR count). The van der Waals surface area contributed by atoms with Crippen LogP contribution in [0.4, 0.5) is 5.69 Å². The number of aliphatic hydroxyl groups excluding tert-OH is 1. The number of ether oxygens (including phenoxy) is 1. The van der Waals surface area contributed by atoms with Crippen molar-refractivity contribution in [2.75, 3.05) is 18.8 Å². The van der Waals surface area contributed by atoms with Crippen molar-refractivity contribution in [1.29, 1.82) is 0 Å². The largest absolute Gasteiger partial charge is 0.449 e. The molecule has 156 valence electrons. The number of carbonyl (C=O) groups is 2. The van der Waals surface area contributed by atoms with Crippen molar-refractivity contribution in [2.45, 2.75) is 31.0 Å². The Morgan fingerprint density at radius 2 is 1.55 bits per heavy atom. The number of esters is 1. The molecule has 8 nitrogen and oxygen atoms in total. The van der Waals surface area contributed by atoms with E-state index in [-0.39, 0.29) is 22.1 Å². The van der Waals surface area contributed by atoms with E-state index in [0.29, 0.717) is 5.56 Å². The van der Waals surface area contributed by atoms with Crippen LogP contribution in [0.25, 0.3) is 0 Å². The van der Waals surface area contributed by atoms with Crippen molar-refractivity contribution in [3.05, 3.63) is 59.7 Å². The molecule has 0 bridgehead atoms. The van der Waals surface area contributed by atoms with Crippen LogP contribution in [-0.2, 0) is 19.6 Å². The average Bonchev–Trinajstić information content (AvgIpc) is 2.67. The molecule has 0 spiro atoms. The lowest BCUT2D eigenvalue weighted by Crippen LogP contribution is -2.34. The number of likely N-dealkylation sites (N-methyl/N-ethyl adjacent to an activating group) is 1. The Labute approximate surface area is 170 Å². The van der Waals surface area contributed by atoms with E-state index in [4.69, 9.17) is 4.74 Å². The first-order valence-corrected chi connectivity index (χ1v) is 10.3. The predicted molar refractivity (Wildman–Crippen MR) is 108 cm³/mol. The van der Waals surface area contributed by atoms with E-state index in [0.717, 1.165) is 0 Å². The highest BCUT2D eigenvalue weighted by molar-refractivity contribution is 7.92. The number of hydrogen-bond acceptors (Lipinski definition) is 6. The van der Waals surface area contributed by atoms with Gasteiger partial charge in [-0.2, -0.15) is 0 Å². The minimum atomic E-state index is -3.83. The van der Waals surface area contributed by atoms with Gasteiger partial charge in [0, 0.05) is 19.8 Å². The van der Waals surface area contributed by atoms with E-state index in [1.54, 1.807) is 21.0 Å². The van der Waals surface area contributed by atoms with Crippen LogP contribution in [-0.4, -0.2) is 50.5 Å². The number of benzene rings is 2. The first kappa shape index (κ1) is 22.4. The van der Waals surface area contributed by atoms with Gasteiger partial charge in [0.1, 0.15) is 0 Å². The van der Waals surface area contributed by atoms with Crippen molar-refractivity contribution in [3.8, 4) is 0 Å². The van der Waals surface area contributed by atoms with Crippen LogP contribution in [0.1, 0.15) is 35.9 Å². The van der Waals surface area contributed by atoms with Crippen molar-refractivity contribution < 1.29 is 27.9 Å². The molecular weight excluding hydrogens is 396 g/mol. The monoisotopic (exact) mass is 420 g/mol. The smallest absolute Gasteiger partial charge is 0.338 e. The van der Waals surface area contributed by atoms with Crippen LogP contribution >= 0.6 is 0 Å². The Morgan fingerprint density at radius 1 is 1.00 bits per heavy atom. The molecule has 0 aliphatic rings. The maximum atomic E-state index is 12.5. The number of nitrogens with zero attached hydrogens (tertiary/aromatic N) is 1. The number of aliphatic hydroxyl groups is 1. The second kappa shape index (κ2) is 9.06. The Morgan fingerprint density at radius 3 is 2.03 bits per heavy atom. The summed E-state index contributed by atoms with van der Waals surface area (Å²) in [5.41, 5.74) is 1.06. The van der Waals surface area contributed by atoms with E-state index >= 15 is 0 Å². The second-order valence-corrected chi connectivity index (χ2v) is 8.39. The lowest BCUT2D eigenvalue weighted by molar-refractivity contribution is -0.137. The molecule has 0 fully saturated rings. The maximum Gasteiger partial charge on any atom is 0.338 e. The summed E-state index contributed by atoms with van der Waals surface area (Å²) in [7, 11) is -0.705. The zero-order valence-electron chi connectivity index (χ0n) is 16.6. The van der Waals surface area contributed by atoms with Gasteiger partial charge in [0.25, 0.3) is 15.9 Å². The summed E-state index contributed by atoms with van der Waals surface area (Å²) in [4.78, 5) is 25.3. The third kappa shape index (κ3) is 5.78. The van der Waals surface area contributed by atoms with Gasteiger partial charge in [0.05, 0.1) is 16.6 Å². The number of sulfonamides is 1. The fourth-order valence-corrected chi connectivity index (χ4v) is 3.52. The van der Waals surface area contributed by atoms with Gasteiger partial charge in [-0.25, -0.2) is 13.2 Å². The molecule has 0 heterocycles. The van der Waals surface area contributed by atoms with Gasteiger partial charge in [0.2, 0.25) is 0 Å². The molecule has 9 heteroatoms. The first-order chi connectivity index (χ1) is 13.5. The molecule has 0 saturated heterocycles. The summed E-state index contributed by atoms with van der Waals surface area (Å²) in [5, 5.41) is 9.51. The second-order valence-electron chi connectivity index (χ2n) is 6.71. The summed E-state index contributed by atoms with van der Waals surface area (Å²) in [6.07, 6.45) is -1.62. The Balaban J connectivity index is 2.08. The van der Waals surface area contributed by atoms with E-state index in [2.05, 4.69) is 4.72 Å². The summed E-state index contributed by atoms with van der Waals surface area (Å²) in [6.45, 7) is 3.07. The third-order valence-electron chi connectivity index (χ3n) is 4.12. The van der Waals surface area contributed by atoms with Crippen LogP contribution < -0.4 is 4.72 Å². The summed E-state index contributed by atoms with van der Waals surface area (Å²) in [5.74, 6) is -1.03. The van der Waals surface area contributed by atoms with Crippen LogP contribution in [0.15, 0.2) is 53.4 Å². The van der Waals surface area contributed by atoms with Crippen molar-refractivity contribution >= 4 is 27.6 Å². The van der Waals surface area contributed by atoms with Crippen LogP contribution in [0.5, 0.6) is 0 Å². The molecule has 2 N–H and O–H groups in total. The predicted octanol–water partition coefficient (Wildman–Crippen LogP) is 2.17. The average molecular weight is 420 g/mol.